The van der Waals surface area contributed by atoms with Gasteiger partial charge in [-0.3, -0.25) is 0 Å². The SMILES string of the molecule is N#C/C(=C\c1ccc(-c2ccc(S(N)(=O)=O)cc2)o1)c1ccccc1. The first-order chi connectivity index (χ1) is 12.0. The molecule has 0 aliphatic heterocycles. The number of furan rings is 1. The molecule has 0 unspecified atom stereocenters. The van der Waals surface area contributed by atoms with Crippen molar-refractivity contribution in [2.75, 3.05) is 0 Å². The summed E-state index contributed by atoms with van der Waals surface area (Å²) in [6.07, 6.45) is 1.66. The minimum Gasteiger partial charge on any atom is -0.457 e. The second-order valence-corrected chi connectivity index (χ2v) is 6.87. The number of rotatable bonds is 4. The van der Waals surface area contributed by atoms with Gasteiger partial charge in [-0.1, -0.05) is 30.3 Å². The summed E-state index contributed by atoms with van der Waals surface area (Å²) in [7, 11) is -3.72. The number of hydrogen-bond acceptors (Lipinski definition) is 4. The molecule has 3 aromatic rings. The van der Waals surface area contributed by atoms with Crippen molar-refractivity contribution in [1.29, 1.82) is 5.26 Å². The molecular weight excluding hydrogens is 336 g/mol. The molecule has 0 aliphatic rings. The number of allylic oxidation sites excluding steroid dienone is 1. The van der Waals surface area contributed by atoms with Crippen molar-refractivity contribution in [3.05, 3.63) is 78.1 Å². The Bertz CT molecular complexity index is 1060. The Kier molecular flexibility index (Phi) is 4.52. The number of nitrogens with two attached hydrogens (primary N) is 1. The van der Waals surface area contributed by atoms with Crippen LogP contribution in [0, 0.1) is 11.3 Å². The summed E-state index contributed by atoms with van der Waals surface area (Å²) >= 11 is 0. The van der Waals surface area contributed by atoms with E-state index < -0.39 is 10.0 Å². The summed E-state index contributed by atoms with van der Waals surface area (Å²) < 4.78 is 28.3. The molecule has 0 spiro atoms. The Labute approximate surface area is 145 Å². The van der Waals surface area contributed by atoms with E-state index in [0.29, 0.717) is 22.7 Å². The molecule has 2 aromatic carbocycles. The number of sulfonamides is 1. The van der Waals surface area contributed by atoms with Crippen LogP contribution in [0.15, 0.2) is 76.0 Å². The number of primary sulfonamides is 1. The largest absolute Gasteiger partial charge is 0.457 e. The topological polar surface area (TPSA) is 97.1 Å². The summed E-state index contributed by atoms with van der Waals surface area (Å²) in [4.78, 5) is 0.0405. The van der Waals surface area contributed by atoms with Crippen LogP contribution in [-0.4, -0.2) is 8.42 Å². The van der Waals surface area contributed by atoms with Crippen molar-refractivity contribution in [1.82, 2.24) is 0 Å². The molecule has 0 fully saturated rings. The minimum atomic E-state index is -3.72. The zero-order valence-corrected chi connectivity index (χ0v) is 13.9. The molecule has 1 aromatic heterocycles. The van der Waals surface area contributed by atoms with E-state index in [4.69, 9.17) is 9.56 Å². The van der Waals surface area contributed by atoms with Gasteiger partial charge in [0, 0.05) is 5.56 Å². The van der Waals surface area contributed by atoms with Crippen LogP contribution >= 0.6 is 0 Å². The molecule has 6 heteroatoms. The lowest BCUT2D eigenvalue weighted by atomic mass is 10.1. The number of nitrogens with zero attached hydrogens (tertiary/aromatic N) is 1. The van der Waals surface area contributed by atoms with Gasteiger partial charge in [0.2, 0.25) is 10.0 Å². The van der Waals surface area contributed by atoms with E-state index in [1.54, 1.807) is 30.3 Å². The van der Waals surface area contributed by atoms with Crippen molar-refractivity contribution in [2.45, 2.75) is 4.90 Å². The standard InChI is InChI=1S/C19H14N2O3S/c20-13-16(14-4-2-1-3-5-14)12-17-8-11-19(24-17)15-6-9-18(10-7-15)25(21,22)23/h1-12H,(H2,21,22,23)/b16-12+. The molecule has 25 heavy (non-hydrogen) atoms. The predicted octanol–water partition coefficient (Wildman–Crippen LogP) is 3.66. The van der Waals surface area contributed by atoms with E-state index in [1.165, 1.54) is 12.1 Å². The lowest BCUT2D eigenvalue weighted by molar-refractivity contribution is 0.571. The molecule has 0 saturated heterocycles. The Morgan fingerprint density at radius 3 is 2.28 bits per heavy atom. The van der Waals surface area contributed by atoms with E-state index >= 15 is 0 Å². The van der Waals surface area contributed by atoms with Gasteiger partial charge in [-0.05, 0) is 48.0 Å². The lowest BCUT2D eigenvalue weighted by Gasteiger charge is -2.00. The summed E-state index contributed by atoms with van der Waals surface area (Å²) in [5.41, 5.74) is 2.01. The van der Waals surface area contributed by atoms with Crippen molar-refractivity contribution in [3.63, 3.8) is 0 Å². The maximum Gasteiger partial charge on any atom is 0.238 e. The maximum absolute atomic E-state index is 11.3. The fraction of sp³-hybridized carbons (Fsp3) is 0. The highest BCUT2D eigenvalue weighted by Crippen LogP contribution is 2.26. The van der Waals surface area contributed by atoms with Crippen LogP contribution in [0.1, 0.15) is 11.3 Å². The van der Waals surface area contributed by atoms with Gasteiger partial charge in [0.1, 0.15) is 11.5 Å². The molecule has 3 rings (SSSR count). The Hall–Kier alpha value is -3.14. The molecule has 1 heterocycles. The third-order valence-corrected chi connectivity index (χ3v) is 4.52. The fourth-order valence-corrected chi connectivity index (χ4v) is 2.85. The summed E-state index contributed by atoms with van der Waals surface area (Å²) in [5.74, 6) is 1.10. The minimum absolute atomic E-state index is 0.0405. The van der Waals surface area contributed by atoms with Crippen LogP contribution in [-0.2, 0) is 10.0 Å². The normalized spacial score (nSPS) is 11.9. The summed E-state index contributed by atoms with van der Waals surface area (Å²) in [6.45, 7) is 0. The molecule has 0 bridgehead atoms. The molecule has 0 amide bonds. The average molecular weight is 350 g/mol. The van der Waals surface area contributed by atoms with Gasteiger partial charge in [-0.25, -0.2) is 13.6 Å². The zero-order chi connectivity index (χ0) is 17.9. The predicted molar refractivity (Wildman–Crippen MR) is 95.4 cm³/mol. The van der Waals surface area contributed by atoms with Gasteiger partial charge in [0.15, 0.2) is 0 Å². The van der Waals surface area contributed by atoms with Gasteiger partial charge in [-0.2, -0.15) is 5.26 Å². The third kappa shape index (κ3) is 3.86. The quantitative estimate of drug-likeness (QED) is 0.726. The third-order valence-electron chi connectivity index (χ3n) is 3.59. The number of benzene rings is 2. The maximum atomic E-state index is 11.3. The van der Waals surface area contributed by atoms with E-state index in [1.807, 2.05) is 30.3 Å². The molecule has 2 N–H and O–H groups in total. The van der Waals surface area contributed by atoms with E-state index in [2.05, 4.69) is 6.07 Å². The van der Waals surface area contributed by atoms with Crippen LogP contribution in [0.25, 0.3) is 23.0 Å². The van der Waals surface area contributed by atoms with Gasteiger partial charge in [-0.15, -0.1) is 0 Å². The second-order valence-electron chi connectivity index (χ2n) is 5.31. The molecular formula is C19H14N2O3S. The zero-order valence-electron chi connectivity index (χ0n) is 13.1. The average Bonchev–Trinajstić information content (AvgIpc) is 3.08. The molecule has 0 aliphatic carbocycles. The highest BCUT2D eigenvalue weighted by atomic mass is 32.2. The number of hydrogen-bond donors (Lipinski definition) is 1. The first kappa shape index (κ1) is 16.7. The van der Waals surface area contributed by atoms with Crippen LogP contribution in [0.3, 0.4) is 0 Å². The molecule has 124 valence electrons. The molecule has 0 radical (unpaired) electrons. The lowest BCUT2D eigenvalue weighted by Crippen LogP contribution is -2.11. The Morgan fingerprint density at radius 1 is 1.00 bits per heavy atom. The van der Waals surface area contributed by atoms with E-state index in [9.17, 15) is 13.7 Å². The van der Waals surface area contributed by atoms with Crippen molar-refractivity contribution in [3.8, 4) is 17.4 Å². The van der Waals surface area contributed by atoms with Crippen LogP contribution < -0.4 is 5.14 Å². The smallest absolute Gasteiger partial charge is 0.238 e. The van der Waals surface area contributed by atoms with Gasteiger partial charge < -0.3 is 4.42 Å². The Morgan fingerprint density at radius 2 is 1.68 bits per heavy atom. The Balaban J connectivity index is 1.90. The first-order valence-corrected chi connectivity index (χ1v) is 8.92. The van der Waals surface area contributed by atoms with E-state index in [0.717, 1.165) is 5.56 Å². The van der Waals surface area contributed by atoms with Gasteiger partial charge in [0.05, 0.1) is 16.5 Å². The molecule has 0 saturated carbocycles. The summed E-state index contributed by atoms with van der Waals surface area (Å²) in [6, 6.07) is 21.1. The van der Waals surface area contributed by atoms with Crippen LogP contribution in [0.2, 0.25) is 0 Å². The van der Waals surface area contributed by atoms with Crippen molar-refractivity contribution < 1.29 is 12.8 Å². The highest BCUT2D eigenvalue weighted by molar-refractivity contribution is 7.89. The van der Waals surface area contributed by atoms with E-state index in [-0.39, 0.29) is 4.90 Å². The summed E-state index contributed by atoms with van der Waals surface area (Å²) in [5, 5.41) is 14.4. The first-order valence-electron chi connectivity index (χ1n) is 7.38. The monoisotopic (exact) mass is 350 g/mol. The number of nitriles is 1. The van der Waals surface area contributed by atoms with Crippen molar-refractivity contribution in [2.24, 2.45) is 5.14 Å². The second kappa shape index (κ2) is 6.77. The van der Waals surface area contributed by atoms with Crippen LogP contribution in [0.5, 0.6) is 0 Å². The fourth-order valence-electron chi connectivity index (χ4n) is 2.33. The van der Waals surface area contributed by atoms with Crippen molar-refractivity contribution >= 4 is 21.7 Å². The highest BCUT2D eigenvalue weighted by Gasteiger charge is 2.09. The van der Waals surface area contributed by atoms with Crippen LogP contribution in [0.4, 0.5) is 0 Å². The van der Waals surface area contributed by atoms with Gasteiger partial charge >= 0.3 is 0 Å². The molecule has 0 atom stereocenters. The van der Waals surface area contributed by atoms with Gasteiger partial charge in [0.25, 0.3) is 0 Å². The molecule has 5 nitrogen and oxygen atoms in total.